The molecule has 3 rings (SSSR count). The van der Waals surface area contributed by atoms with Crippen LogP contribution in [0.3, 0.4) is 0 Å². The number of rotatable bonds is 3. The van der Waals surface area contributed by atoms with Crippen molar-refractivity contribution < 1.29 is 4.79 Å². The van der Waals surface area contributed by atoms with Crippen LogP contribution in [-0.4, -0.2) is 24.2 Å². The number of hydrogen-bond acceptors (Lipinski definition) is 2. The first-order valence-corrected chi connectivity index (χ1v) is 8.57. The smallest absolute Gasteiger partial charge is 0.315 e. The van der Waals surface area contributed by atoms with E-state index in [9.17, 15) is 4.79 Å². The Morgan fingerprint density at radius 3 is 2.45 bits per heavy atom. The first-order valence-electron chi connectivity index (χ1n) is 8.20. The highest BCUT2D eigenvalue weighted by Gasteiger charge is 2.32. The summed E-state index contributed by atoms with van der Waals surface area (Å²) in [4.78, 5) is 12.1. The molecule has 2 aliphatic rings. The summed E-state index contributed by atoms with van der Waals surface area (Å²) < 4.78 is 0. The van der Waals surface area contributed by atoms with Gasteiger partial charge >= 0.3 is 6.03 Å². The minimum absolute atomic E-state index is 0.0677. The molecule has 5 heteroatoms. The Hall–Kier alpha value is -1.26. The van der Waals surface area contributed by atoms with E-state index in [0.717, 1.165) is 37.1 Å². The van der Waals surface area contributed by atoms with E-state index in [1.807, 2.05) is 12.1 Å². The van der Waals surface area contributed by atoms with Crippen LogP contribution in [0.1, 0.15) is 50.0 Å². The van der Waals surface area contributed by atoms with Crippen LogP contribution in [0.15, 0.2) is 24.3 Å². The first kappa shape index (κ1) is 15.6. The molecule has 4 N–H and O–H groups in total. The molecule has 4 nitrogen and oxygen atoms in total. The summed E-state index contributed by atoms with van der Waals surface area (Å²) in [5.74, 6) is 0.527. The minimum atomic E-state index is -0.0677. The van der Waals surface area contributed by atoms with Gasteiger partial charge in [-0.25, -0.2) is 4.79 Å². The first-order chi connectivity index (χ1) is 10.6. The third-order valence-electron chi connectivity index (χ3n) is 4.95. The number of urea groups is 1. The van der Waals surface area contributed by atoms with Gasteiger partial charge in [-0.2, -0.15) is 0 Å². The lowest BCUT2D eigenvalue weighted by molar-refractivity contribution is 0.212. The molecular formula is C17H24ClN3O. The molecule has 0 bridgehead atoms. The van der Waals surface area contributed by atoms with Crippen LogP contribution < -0.4 is 16.4 Å². The zero-order valence-electron chi connectivity index (χ0n) is 12.7. The van der Waals surface area contributed by atoms with Gasteiger partial charge in [0.25, 0.3) is 0 Å². The van der Waals surface area contributed by atoms with Gasteiger partial charge in [0.15, 0.2) is 0 Å². The second kappa shape index (κ2) is 6.88. The largest absolute Gasteiger partial charge is 0.335 e. The third kappa shape index (κ3) is 3.73. The molecule has 2 aliphatic carbocycles. The number of amides is 2. The van der Waals surface area contributed by atoms with Gasteiger partial charge in [-0.15, -0.1) is 0 Å². The van der Waals surface area contributed by atoms with Crippen LogP contribution in [-0.2, 0) is 0 Å². The molecule has 0 aromatic heterocycles. The van der Waals surface area contributed by atoms with E-state index in [1.54, 1.807) is 0 Å². The maximum Gasteiger partial charge on any atom is 0.315 e. The highest BCUT2D eigenvalue weighted by Crippen LogP contribution is 2.37. The van der Waals surface area contributed by atoms with Crippen LogP contribution in [0.5, 0.6) is 0 Å². The summed E-state index contributed by atoms with van der Waals surface area (Å²) in [5.41, 5.74) is 7.36. The molecule has 0 spiro atoms. The second-order valence-corrected chi connectivity index (χ2v) is 7.03. The number of hydrogen-bond donors (Lipinski definition) is 3. The number of benzene rings is 1. The Morgan fingerprint density at radius 2 is 1.77 bits per heavy atom. The molecule has 0 unspecified atom stereocenters. The van der Waals surface area contributed by atoms with Gasteiger partial charge in [-0.3, -0.25) is 0 Å². The fourth-order valence-electron chi connectivity index (χ4n) is 3.48. The lowest BCUT2D eigenvalue weighted by Crippen LogP contribution is -2.55. The van der Waals surface area contributed by atoms with Crippen LogP contribution in [0.25, 0.3) is 0 Å². The average molecular weight is 322 g/mol. The normalized spacial score (nSPS) is 31.2. The summed E-state index contributed by atoms with van der Waals surface area (Å²) in [5, 5.41) is 6.87. The number of nitrogens with one attached hydrogen (secondary N) is 2. The van der Waals surface area contributed by atoms with Crippen LogP contribution in [0.2, 0.25) is 5.02 Å². The standard InChI is InChI=1S/C17H24ClN3O/c18-13-7-5-11(6-8-13)12-9-14(10-12)20-17(22)21-16-4-2-1-3-15(16)19/h5-8,12,14-16H,1-4,9-10,19H2,(H2,20,21,22)/t12?,14?,15-,16-/m1/s1. The molecule has 22 heavy (non-hydrogen) atoms. The molecule has 2 atom stereocenters. The molecule has 1 aromatic carbocycles. The number of carbonyl (C=O) groups is 1. The van der Waals surface area contributed by atoms with Gasteiger partial charge in [0.1, 0.15) is 0 Å². The van der Waals surface area contributed by atoms with E-state index < -0.39 is 0 Å². The van der Waals surface area contributed by atoms with Gasteiger partial charge < -0.3 is 16.4 Å². The topological polar surface area (TPSA) is 67.1 Å². The molecule has 2 amide bonds. The van der Waals surface area contributed by atoms with Crippen LogP contribution >= 0.6 is 11.6 Å². The van der Waals surface area contributed by atoms with E-state index in [2.05, 4.69) is 22.8 Å². The molecule has 0 saturated heterocycles. The predicted octanol–water partition coefficient (Wildman–Crippen LogP) is 3.16. The van der Waals surface area contributed by atoms with Crippen molar-refractivity contribution in [3.05, 3.63) is 34.9 Å². The SMILES string of the molecule is N[C@@H]1CCCC[C@H]1NC(=O)NC1CC(c2ccc(Cl)cc2)C1. The molecule has 2 saturated carbocycles. The summed E-state index contributed by atoms with van der Waals surface area (Å²) in [6.45, 7) is 0. The van der Waals surface area contributed by atoms with Gasteiger partial charge in [0.2, 0.25) is 0 Å². The van der Waals surface area contributed by atoms with E-state index in [4.69, 9.17) is 17.3 Å². The van der Waals surface area contributed by atoms with Crippen molar-refractivity contribution in [3.8, 4) is 0 Å². The quantitative estimate of drug-likeness (QED) is 0.800. The fourth-order valence-corrected chi connectivity index (χ4v) is 3.60. The Morgan fingerprint density at radius 1 is 1.09 bits per heavy atom. The lowest BCUT2D eigenvalue weighted by Gasteiger charge is -2.37. The van der Waals surface area contributed by atoms with Gasteiger partial charge in [-0.05, 0) is 49.3 Å². The molecular weight excluding hydrogens is 298 g/mol. The zero-order chi connectivity index (χ0) is 15.5. The lowest BCUT2D eigenvalue weighted by atomic mass is 9.76. The fraction of sp³-hybridized carbons (Fsp3) is 0.588. The van der Waals surface area contributed by atoms with Crippen molar-refractivity contribution in [2.45, 2.75) is 62.6 Å². The van der Waals surface area contributed by atoms with Gasteiger partial charge in [0, 0.05) is 23.1 Å². The van der Waals surface area contributed by atoms with Crippen molar-refractivity contribution in [1.82, 2.24) is 10.6 Å². The Labute approximate surface area is 136 Å². The Balaban J connectivity index is 1.41. The predicted molar refractivity (Wildman–Crippen MR) is 89.1 cm³/mol. The zero-order valence-corrected chi connectivity index (χ0v) is 13.5. The van der Waals surface area contributed by atoms with Crippen LogP contribution in [0, 0.1) is 0 Å². The highest BCUT2D eigenvalue weighted by atomic mass is 35.5. The van der Waals surface area contributed by atoms with Gasteiger partial charge in [-0.1, -0.05) is 36.6 Å². The minimum Gasteiger partial charge on any atom is -0.335 e. The van der Waals surface area contributed by atoms with Crippen molar-refractivity contribution in [3.63, 3.8) is 0 Å². The molecule has 1 aromatic rings. The van der Waals surface area contributed by atoms with E-state index in [-0.39, 0.29) is 24.2 Å². The maximum absolute atomic E-state index is 12.1. The number of nitrogens with two attached hydrogens (primary N) is 1. The monoisotopic (exact) mass is 321 g/mol. The molecule has 0 radical (unpaired) electrons. The van der Waals surface area contributed by atoms with Crippen molar-refractivity contribution in [1.29, 1.82) is 0 Å². The summed E-state index contributed by atoms with van der Waals surface area (Å²) in [7, 11) is 0. The second-order valence-electron chi connectivity index (χ2n) is 6.59. The Bertz CT molecular complexity index is 513. The highest BCUT2D eigenvalue weighted by molar-refractivity contribution is 6.30. The van der Waals surface area contributed by atoms with Crippen molar-refractivity contribution in [2.75, 3.05) is 0 Å². The van der Waals surface area contributed by atoms with Crippen molar-refractivity contribution in [2.24, 2.45) is 5.73 Å². The van der Waals surface area contributed by atoms with Crippen molar-refractivity contribution >= 4 is 17.6 Å². The van der Waals surface area contributed by atoms with E-state index in [1.165, 1.54) is 12.0 Å². The molecule has 2 fully saturated rings. The van der Waals surface area contributed by atoms with E-state index in [0.29, 0.717) is 5.92 Å². The average Bonchev–Trinajstić information content (AvgIpc) is 2.46. The van der Waals surface area contributed by atoms with Gasteiger partial charge in [0.05, 0.1) is 0 Å². The summed E-state index contributed by atoms with van der Waals surface area (Å²) in [6.07, 6.45) is 6.31. The molecule has 0 heterocycles. The summed E-state index contributed by atoms with van der Waals surface area (Å²) >= 11 is 5.90. The number of halogens is 1. The summed E-state index contributed by atoms with van der Waals surface area (Å²) in [6, 6.07) is 8.42. The molecule has 0 aliphatic heterocycles. The van der Waals surface area contributed by atoms with E-state index >= 15 is 0 Å². The van der Waals surface area contributed by atoms with Crippen LogP contribution in [0.4, 0.5) is 4.79 Å². The molecule has 120 valence electrons. The third-order valence-corrected chi connectivity index (χ3v) is 5.20. The number of carbonyl (C=O) groups excluding carboxylic acids is 1. The Kier molecular flexibility index (Phi) is 4.89. The maximum atomic E-state index is 12.1.